The molecule has 0 saturated carbocycles. The SMILES string of the molecule is CC(C)C[C@H](NC(=O)[C@H](CS)NC(=O)CS)C(N)=O. The highest BCUT2D eigenvalue weighted by molar-refractivity contribution is 7.81. The van der Waals surface area contributed by atoms with Crippen LogP contribution < -0.4 is 16.4 Å². The van der Waals surface area contributed by atoms with Crippen LogP contribution in [0.3, 0.4) is 0 Å². The van der Waals surface area contributed by atoms with Gasteiger partial charge in [-0.2, -0.15) is 25.3 Å². The lowest BCUT2D eigenvalue weighted by atomic mass is 10.0. The summed E-state index contributed by atoms with van der Waals surface area (Å²) < 4.78 is 0. The van der Waals surface area contributed by atoms with Crippen molar-refractivity contribution in [2.45, 2.75) is 32.4 Å². The van der Waals surface area contributed by atoms with Gasteiger partial charge in [-0.1, -0.05) is 13.8 Å². The van der Waals surface area contributed by atoms with E-state index < -0.39 is 23.9 Å². The van der Waals surface area contributed by atoms with Crippen LogP contribution in [0.1, 0.15) is 20.3 Å². The minimum Gasteiger partial charge on any atom is -0.368 e. The zero-order valence-electron chi connectivity index (χ0n) is 11.0. The van der Waals surface area contributed by atoms with Gasteiger partial charge in [0.2, 0.25) is 17.7 Å². The van der Waals surface area contributed by atoms with Crippen LogP contribution in [0.15, 0.2) is 0 Å². The van der Waals surface area contributed by atoms with Crippen LogP contribution in [0.4, 0.5) is 0 Å². The number of amides is 3. The number of rotatable bonds is 8. The summed E-state index contributed by atoms with van der Waals surface area (Å²) in [6.07, 6.45) is 0.445. The van der Waals surface area contributed by atoms with Crippen LogP contribution in [0, 0.1) is 5.92 Å². The average molecular weight is 307 g/mol. The van der Waals surface area contributed by atoms with Crippen LogP contribution in [0.2, 0.25) is 0 Å². The third-order valence-corrected chi connectivity index (χ3v) is 3.00. The van der Waals surface area contributed by atoms with E-state index >= 15 is 0 Å². The topological polar surface area (TPSA) is 101 Å². The maximum atomic E-state index is 11.9. The fourth-order valence-corrected chi connectivity index (χ4v) is 1.77. The molecule has 0 spiro atoms. The van der Waals surface area contributed by atoms with Gasteiger partial charge in [0.15, 0.2) is 0 Å². The number of nitrogens with two attached hydrogens (primary N) is 1. The lowest BCUT2D eigenvalue weighted by molar-refractivity contribution is -0.130. The third kappa shape index (κ3) is 7.31. The van der Waals surface area contributed by atoms with E-state index in [4.69, 9.17) is 5.73 Å². The Bertz CT molecular complexity index is 337. The monoisotopic (exact) mass is 307 g/mol. The summed E-state index contributed by atoms with van der Waals surface area (Å²) in [5, 5.41) is 4.98. The maximum Gasteiger partial charge on any atom is 0.244 e. The molecule has 0 aliphatic carbocycles. The number of thiol groups is 2. The van der Waals surface area contributed by atoms with Gasteiger partial charge in [-0.15, -0.1) is 0 Å². The van der Waals surface area contributed by atoms with E-state index in [0.717, 1.165) is 0 Å². The van der Waals surface area contributed by atoms with E-state index in [1.165, 1.54) is 0 Å². The van der Waals surface area contributed by atoms with Crippen LogP contribution in [-0.2, 0) is 14.4 Å². The van der Waals surface area contributed by atoms with Crippen molar-refractivity contribution >= 4 is 43.0 Å². The zero-order valence-corrected chi connectivity index (χ0v) is 12.8. The molecule has 0 aromatic carbocycles. The minimum atomic E-state index is -0.808. The first-order chi connectivity index (χ1) is 8.81. The molecular formula is C11H21N3O3S2. The summed E-state index contributed by atoms with van der Waals surface area (Å²) in [5.41, 5.74) is 5.23. The van der Waals surface area contributed by atoms with Crippen LogP contribution >= 0.6 is 25.3 Å². The highest BCUT2D eigenvalue weighted by Crippen LogP contribution is 2.05. The molecule has 0 unspecified atom stereocenters. The smallest absolute Gasteiger partial charge is 0.244 e. The number of hydrogen-bond acceptors (Lipinski definition) is 5. The van der Waals surface area contributed by atoms with E-state index in [-0.39, 0.29) is 23.3 Å². The minimum absolute atomic E-state index is 0.0250. The zero-order chi connectivity index (χ0) is 15.0. The van der Waals surface area contributed by atoms with Gasteiger partial charge in [-0.3, -0.25) is 14.4 Å². The second kappa shape index (κ2) is 9.08. The number of carbonyl (C=O) groups excluding carboxylic acids is 3. The Hall–Kier alpha value is -0.890. The highest BCUT2D eigenvalue weighted by Gasteiger charge is 2.24. The van der Waals surface area contributed by atoms with Gasteiger partial charge in [0, 0.05) is 5.75 Å². The number of carbonyl (C=O) groups is 3. The third-order valence-electron chi connectivity index (χ3n) is 2.34. The number of primary amides is 1. The van der Waals surface area contributed by atoms with Gasteiger partial charge < -0.3 is 16.4 Å². The molecule has 3 amide bonds. The van der Waals surface area contributed by atoms with Crippen molar-refractivity contribution in [3.05, 3.63) is 0 Å². The number of hydrogen-bond donors (Lipinski definition) is 5. The predicted molar refractivity (Wildman–Crippen MR) is 80.2 cm³/mol. The van der Waals surface area contributed by atoms with Crippen molar-refractivity contribution in [1.29, 1.82) is 0 Å². The molecule has 0 aliphatic heterocycles. The fourth-order valence-electron chi connectivity index (χ4n) is 1.42. The Kier molecular flexibility index (Phi) is 8.66. The van der Waals surface area contributed by atoms with Crippen LogP contribution in [-0.4, -0.2) is 41.3 Å². The Morgan fingerprint density at radius 3 is 2.05 bits per heavy atom. The predicted octanol–water partition coefficient (Wildman–Crippen LogP) is -0.653. The van der Waals surface area contributed by atoms with Gasteiger partial charge in [0.25, 0.3) is 0 Å². The molecular weight excluding hydrogens is 286 g/mol. The summed E-state index contributed by atoms with van der Waals surface area (Å²) in [6, 6.07) is -1.56. The Morgan fingerprint density at radius 2 is 1.68 bits per heavy atom. The number of nitrogens with one attached hydrogen (secondary N) is 2. The first kappa shape index (κ1) is 18.1. The molecule has 0 aromatic heterocycles. The van der Waals surface area contributed by atoms with Crippen molar-refractivity contribution in [2.75, 3.05) is 11.5 Å². The standard InChI is InChI=1S/C11H21N3O3S2/c1-6(2)3-7(10(12)16)14-11(17)8(4-18)13-9(15)5-19/h6-8,18-19H,3-5H2,1-2H3,(H2,12,16)(H,13,15)(H,14,17)/t7-,8-/m0/s1. The normalized spacial score (nSPS) is 13.7. The lowest BCUT2D eigenvalue weighted by Crippen LogP contribution is -2.54. The summed E-state index contributed by atoms with van der Waals surface area (Å²) in [7, 11) is 0. The van der Waals surface area contributed by atoms with E-state index in [9.17, 15) is 14.4 Å². The lowest BCUT2D eigenvalue weighted by Gasteiger charge is -2.21. The average Bonchev–Trinajstić information content (AvgIpc) is 2.33. The molecule has 0 rings (SSSR count). The quantitative estimate of drug-likeness (QED) is 0.385. The largest absolute Gasteiger partial charge is 0.368 e. The molecule has 8 heteroatoms. The van der Waals surface area contributed by atoms with Gasteiger partial charge in [-0.25, -0.2) is 0 Å². The van der Waals surface area contributed by atoms with E-state index in [1.807, 2.05) is 13.8 Å². The molecule has 0 radical (unpaired) electrons. The van der Waals surface area contributed by atoms with Gasteiger partial charge in [0.05, 0.1) is 5.75 Å². The Morgan fingerprint density at radius 1 is 1.11 bits per heavy atom. The molecule has 4 N–H and O–H groups in total. The molecule has 110 valence electrons. The Labute approximate surface area is 124 Å². The van der Waals surface area contributed by atoms with E-state index in [2.05, 4.69) is 35.9 Å². The van der Waals surface area contributed by atoms with Crippen LogP contribution in [0.25, 0.3) is 0 Å². The van der Waals surface area contributed by atoms with Crippen LogP contribution in [0.5, 0.6) is 0 Å². The highest BCUT2D eigenvalue weighted by atomic mass is 32.1. The molecule has 0 heterocycles. The van der Waals surface area contributed by atoms with Gasteiger partial charge >= 0.3 is 0 Å². The molecule has 19 heavy (non-hydrogen) atoms. The van der Waals surface area contributed by atoms with Gasteiger partial charge in [0.1, 0.15) is 12.1 Å². The van der Waals surface area contributed by atoms with Crippen molar-refractivity contribution in [3.8, 4) is 0 Å². The van der Waals surface area contributed by atoms with Crippen molar-refractivity contribution in [2.24, 2.45) is 11.7 Å². The first-order valence-corrected chi connectivity index (χ1v) is 7.19. The summed E-state index contributed by atoms with van der Waals surface area (Å²) >= 11 is 7.80. The maximum absolute atomic E-state index is 11.9. The first-order valence-electron chi connectivity index (χ1n) is 5.92. The summed E-state index contributed by atoms with van der Waals surface area (Å²) in [4.78, 5) is 34.4. The van der Waals surface area contributed by atoms with Crippen molar-refractivity contribution < 1.29 is 14.4 Å². The summed E-state index contributed by atoms with van der Waals surface area (Å²) in [5.74, 6) is -1.15. The molecule has 6 nitrogen and oxygen atoms in total. The fraction of sp³-hybridized carbons (Fsp3) is 0.727. The van der Waals surface area contributed by atoms with E-state index in [0.29, 0.717) is 6.42 Å². The Balaban J connectivity index is 4.59. The summed E-state index contributed by atoms with van der Waals surface area (Å²) in [6.45, 7) is 3.84. The molecule has 0 aromatic rings. The molecule has 0 fully saturated rings. The van der Waals surface area contributed by atoms with E-state index in [1.54, 1.807) is 0 Å². The van der Waals surface area contributed by atoms with Gasteiger partial charge in [-0.05, 0) is 12.3 Å². The molecule has 0 aliphatic rings. The second-order valence-corrected chi connectivity index (χ2v) is 5.24. The van der Waals surface area contributed by atoms with Crippen molar-refractivity contribution in [3.63, 3.8) is 0 Å². The molecule has 0 saturated heterocycles. The second-order valence-electron chi connectivity index (χ2n) is 4.55. The molecule has 0 bridgehead atoms. The van der Waals surface area contributed by atoms with Crippen molar-refractivity contribution in [1.82, 2.24) is 10.6 Å². The molecule has 2 atom stereocenters.